The highest BCUT2D eigenvalue weighted by Gasteiger charge is 2.17. The predicted octanol–water partition coefficient (Wildman–Crippen LogP) is 1.14. The number of nitrogens with one attached hydrogen (secondary N) is 2. The fourth-order valence-corrected chi connectivity index (χ4v) is 1.84. The predicted molar refractivity (Wildman–Crippen MR) is 77.9 cm³/mol. The molecule has 2 N–H and O–H groups in total. The van der Waals surface area contributed by atoms with Gasteiger partial charge in [0.15, 0.2) is 0 Å². The van der Waals surface area contributed by atoms with Gasteiger partial charge in [-0.25, -0.2) is 0 Å². The zero-order valence-corrected chi connectivity index (χ0v) is 13.0. The van der Waals surface area contributed by atoms with Crippen LogP contribution in [0, 0.1) is 0 Å². The van der Waals surface area contributed by atoms with Gasteiger partial charge in [-0.1, -0.05) is 13.8 Å². The van der Waals surface area contributed by atoms with E-state index in [0.29, 0.717) is 13.1 Å². The van der Waals surface area contributed by atoms with E-state index >= 15 is 0 Å². The zero-order valence-electron chi connectivity index (χ0n) is 13.0. The van der Waals surface area contributed by atoms with Crippen LogP contribution in [0.15, 0.2) is 0 Å². The Morgan fingerprint density at radius 2 is 1.58 bits per heavy atom. The monoisotopic (exact) mass is 271 g/mol. The van der Waals surface area contributed by atoms with Crippen molar-refractivity contribution in [1.82, 2.24) is 15.5 Å². The molecule has 0 fully saturated rings. The fourth-order valence-electron chi connectivity index (χ4n) is 1.84. The van der Waals surface area contributed by atoms with Gasteiger partial charge in [0.05, 0.1) is 12.6 Å². The average molecular weight is 271 g/mol. The third-order valence-corrected chi connectivity index (χ3v) is 3.40. The van der Waals surface area contributed by atoms with E-state index in [0.717, 1.165) is 12.8 Å². The molecular formula is C14H29N3O2. The van der Waals surface area contributed by atoms with E-state index < -0.39 is 0 Å². The van der Waals surface area contributed by atoms with Crippen LogP contribution in [0.4, 0.5) is 0 Å². The van der Waals surface area contributed by atoms with Crippen molar-refractivity contribution in [2.75, 3.05) is 19.6 Å². The lowest BCUT2D eigenvalue weighted by molar-refractivity contribution is -0.130. The van der Waals surface area contributed by atoms with Crippen LogP contribution in [0.1, 0.15) is 47.5 Å². The number of likely N-dealkylation sites (N-methyl/N-ethyl adjacent to an activating group) is 1. The van der Waals surface area contributed by atoms with Crippen molar-refractivity contribution in [3.8, 4) is 0 Å². The highest BCUT2D eigenvalue weighted by atomic mass is 16.2. The first-order valence-corrected chi connectivity index (χ1v) is 7.31. The van der Waals surface area contributed by atoms with Crippen molar-refractivity contribution >= 4 is 11.8 Å². The fraction of sp³-hybridized carbons (Fsp3) is 0.857. The molecule has 0 aliphatic heterocycles. The van der Waals surface area contributed by atoms with Gasteiger partial charge in [-0.2, -0.15) is 0 Å². The number of carbonyl (C=O) groups is 2. The quantitative estimate of drug-likeness (QED) is 0.661. The minimum atomic E-state index is -0.347. The minimum Gasteiger partial charge on any atom is -0.352 e. The minimum absolute atomic E-state index is 0.0344. The van der Waals surface area contributed by atoms with Gasteiger partial charge >= 0.3 is 0 Å². The summed E-state index contributed by atoms with van der Waals surface area (Å²) in [5.41, 5.74) is 0. The van der Waals surface area contributed by atoms with E-state index in [1.165, 1.54) is 0 Å². The molecule has 1 atom stereocenters. The molecular weight excluding hydrogens is 242 g/mol. The second-order valence-electron chi connectivity index (χ2n) is 4.69. The van der Waals surface area contributed by atoms with E-state index in [-0.39, 0.29) is 30.4 Å². The van der Waals surface area contributed by atoms with E-state index in [9.17, 15) is 9.59 Å². The van der Waals surface area contributed by atoms with Gasteiger partial charge in [0.25, 0.3) is 0 Å². The van der Waals surface area contributed by atoms with Crippen LogP contribution in [0.3, 0.4) is 0 Å². The Morgan fingerprint density at radius 1 is 1.05 bits per heavy atom. The Bertz CT molecular complexity index is 274. The Hall–Kier alpha value is -1.10. The molecule has 0 saturated heterocycles. The zero-order chi connectivity index (χ0) is 14.8. The summed E-state index contributed by atoms with van der Waals surface area (Å²) in [6.45, 7) is 11.4. The number of rotatable bonds is 9. The molecule has 19 heavy (non-hydrogen) atoms. The van der Waals surface area contributed by atoms with Gasteiger partial charge in [0, 0.05) is 19.1 Å². The van der Waals surface area contributed by atoms with Crippen LogP contribution in [0.25, 0.3) is 0 Å². The van der Waals surface area contributed by atoms with Crippen LogP contribution < -0.4 is 10.6 Å². The van der Waals surface area contributed by atoms with E-state index in [1.54, 1.807) is 11.8 Å². The molecule has 0 bridgehead atoms. The SMILES string of the molecule is CCC(CC)NC(=O)C(C)NCC(=O)N(CC)CC. The first kappa shape index (κ1) is 17.9. The lowest BCUT2D eigenvalue weighted by Gasteiger charge is -2.22. The van der Waals surface area contributed by atoms with Crippen molar-refractivity contribution in [1.29, 1.82) is 0 Å². The molecule has 0 aromatic rings. The van der Waals surface area contributed by atoms with Crippen LogP contribution in [-0.4, -0.2) is 48.4 Å². The molecule has 0 saturated carbocycles. The van der Waals surface area contributed by atoms with Gasteiger partial charge in [0.1, 0.15) is 0 Å². The Labute approximate surface area is 117 Å². The molecule has 5 nitrogen and oxygen atoms in total. The molecule has 112 valence electrons. The first-order valence-electron chi connectivity index (χ1n) is 7.31. The molecule has 1 unspecified atom stereocenters. The van der Waals surface area contributed by atoms with Crippen molar-refractivity contribution in [3.05, 3.63) is 0 Å². The summed E-state index contributed by atoms with van der Waals surface area (Å²) in [4.78, 5) is 25.4. The summed E-state index contributed by atoms with van der Waals surface area (Å²) in [6.07, 6.45) is 1.85. The van der Waals surface area contributed by atoms with Gasteiger partial charge in [0.2, 0.25) is 11.8 Å². The highest BCUT2D eigenvalue weighted by molar-refractivity contribution is 5.83. The maximum absolute atomic E-state index is 11.9. The Morgan fingerprint density at radius 3 is 2.00 bits per heavy atom. The lowest BCUT2D eigenvalue weighted by Crippen LogP contribution is -2.49. The third kappa shape index (κ3) is 6.57. The van der Waals surface area contributed by atoms with Crippen LogP contribution in [0.5, 0.6) is 0 Å². The maximum Gasteiger partial charge on any atom is 0.237 e. The second-order valence-corrected chi connectivity index (χ2v) is 4.69. The second kappa shape index (κ2) is 9.78. The molecule has 5 heteroatoms. The van der Waals surface area contributed by atoms with Gasteiger partial charge in [-0.3, -0.25) is 14.9 Å². The molecule has 0 spiro atoms. The standard InChI is InChI=1S/C14H29N3O2/c1-6-12(7-2)16-14(19)11(5)15-10-13(18)17(8-3)9-4/h11-12,15H,6-10H2,1-5H3,(H,16,19). The summed E-state index contributed by atoms with van der Waals surface area (Å²) in [5, 5.41) is 5.95. The van der Waals surface area contributed by atoms with Gasteiger partial charge < -0.3 is 10.2 Å². The average Bonchev–Trinajstić information content (AvgIpc) is 2.42. The summed E-state index contributed by atoms with van der Waals surface area (Å²) in [5.74, 6) is -0.00627. The molecule has 0 radical (unpaired) electrons. The van der Waals surface area contributed by atoms with E-state index in [1.807, 2.05) is 13.8 Å². The third-order valence-electron chi connectivity index (χ3n) is 3.40. The number of amides is 2. The molecule has 0 aromatic heterocycles. The van der Waals surface area contributed by atoms with Crippen molar-refractivity contribution in [2.45, 2.75) is 59.5 Å². The molecule has 0 aliphatic rings. The summed E-state index contributed by atoms with van der Waals surface area (Å²) < 4.78 is 0. The van der Waals surface area contributed by atoms with Gasteiger partial charge in [-0.05, 0) is 33.6 Å². The summed E-state index contributed by atoms with van der Waals surface area (Å²) in [6, 6.07) is -0.129. The number of nitrogens with zero attached hydrogens (tertiary/aromatic N) is 1. The van der Waals surface area contributed by atoms with E-state index in [4.69, 9.17) is 0 Å². The normalized spacial score (nSPS) is 12.3. The number of hydrogen-bond donors (Lipinski definition) is 2. The smallest absolute Gasteiger partial charge is 0.237 e. The largest absolute Gasteiger partial charge is 0.352 e. The molecule has 0 aliphatic carbocycles. The first-order chi connectivity index (χ1) is 8.99. The number of hydrogen-bond acceptors (Lipinski definition) is 3. The molecule has 0 rings (SSSR count). The topological polar surface area (TPSA) is 61.4 Å². The highest BCUT2D eigenvalue weighted by Crippen LogP contribution is 1.97. The summed E-state index contributed by atoms with van der Waals surface area (Å²) >= 11 is 0. The number of carbonyl (C=O) groups excluding carboxylic acids is 2. The molecule has 2 amide bonds. The van der Waals surface area contributed by atoms with Crippen molar-refractivity contribution in [2.24, 2.45) is 0 Å². The van der Waals surface area contributed by atoms with Crippen LogP contribution >= 0.6 is 0 Å². The van der Waals surface area contributed by atoms with Crippen molar-refractivity contribution in [3.63, 3.8) is 0 Å². The molecule has 0 aromatic carbocycles. The summed E-state index contributed by atoms with van der Waals surface area (Å²) in [7, 11) is 0. The maximum atomic E-state index is 11.9. The van der Waals surface area contributed by atoms with Gasteiger partial charge in [-0.15, -0.1) is 0 Å². The Balaban J connectivity index is 4.12. The van der Waals surface area contributed by atoms with Crippen molar-refractivity contribution < 1.29 is 9.59 Å². The van der Waals surface area contributed by atoms with Crippen LogP contribution in [-0.2, 0) is 9.59 Å². The van der Waals surface area contributed by atoms with Crippen LogP contribution in [0.2, 0.25) is 0 Å². The molecule has 0 heterocycles. The van der Waals surface area contributed by atoms with E-state index in [2.05, 4.69) is 24.5 Å². The lowest BCUT2D eigenvalue weighted by atomic mass is 10.1. The Kier molecular flexibility index (Phi) is 9.21.